The Morgan fingerprint density at radius 2 is 1.74 bits per heavy atom. The molecule has 0 N–H and O–H groups in total. The van der Waals surface area contributed by atoms with Gasteiger partial charge in [-0.15, -0.1) is 0 Å². The van der Waals surface area contributed by atoms with Gasteiger partial charge in [-0.1, -0.05) is 0 Å². The molecule has 0 spiro atoms. The van der Waals surface area contributed by atoms with Crippen LogP contribution in [0, 0.1) is 0 Å². The highest BCUT2D eigenvalue weighted by Crippen LogP contribution is 2.33. The maximum Gasteiger partial charge on any atom is 0.413 e. The van der Waals surface area contributed by atoms with Crippen LogP contribution in [0.25, 0.3) is 0 Å². The molecule has 31 heavy (non-hydrogen) atoms. The lowest BCUT2D eigenvalue weighted by atomic mass is 10.0. The van der Waals surface area contributed by atoms with Crippen molar-refractivity contribution in [2.75, 3.05) is 53.6 Å². The number of esters is 1. The number of Topliss-reactive ketones (excluding diaryl/α,β-unsaturated/α-hetero) is 1. The van der Waals surface area contributed by atoms with E-state index in [-0.39, 0.29) is 19.1 Å². The average Bonchev–Trinajstić information content (AvgIpc) is 3.21. The molecule has 2 heterocycles. The normalized spacial score (nSPS) is 18.2. The molecule has 170 valence electrons. The van der Waals surface area contributed by atoms with E-state index in [4.69, 9.17) is 18.9 Å². The van der Waals surface area contributed by atoms with E-state index >= 15 is 0 Å². The first-order chi connectivity index (χ1) is 14.7. The number of piperazine rings is 1. The largest absolute Gasteiger partial charge is 0.454 e. The summed E-state index contributed by atoms with van der Waals surface area (Å²) in [7, 11) is 3.49. The molecule has 0 saturated carbocycles. The van der Waals surface area contributed by atoms with Gasteiger partial charge in [-0.05, 0) is 32.2 Å². The monoisotopic (exact) mass is 435 g/mol. The Labute approximate surface area is 181 Å². The molecule has 2 aliphatic heterocycles. The van der Waals surface area contributed by atoms with Crippen molar-refractivity contribution >= 4 is 17.8 Å². The smallest absolute Gasteiger partial charge is 0.413 e. The quantitative estimate of drug-likeness (QED) is 0.355. The first kappa shape index (κ1) is 22.8. The van der Waals surface area contributed by atoms with Crippen molar-refractivity contribution in [2.24, 2.45) is 0 Å². The zero-order chi connectivity index (χ0) is 22.5. The Balaban J connectivity index is 1.47. The molecule has 10 heteroatoms. The molecule has 0 radical (unpaired) electrons. The number of carbonyl (C=O) groups is 3. The van der Waals surface area contributed by atoms with Crippen LogP contribution in [0.3, 0.4) is 0 Å². The highest BCUT2D eigenvalue weighted by Gasteiger charge is 2.28. The molecule has 3 rings (SSSR count). The molecule has 1 fully saturated rings. The molecule has 1 amide bonds. The topological polar surface area (TPSA) is 97.9 Å². The summed E-state index contributed by atoms with van der Waals surface area (Å²) in [5.41, 5.74) is 0.392. The Morgan fingerprint density at radius 3 is 2.45 bits per heavy atom. The van der Waals surface area contributed by atoms with Gasteiger partial charge in [0.2, 0.25) is 13.1 Å². The standard InChI is InChI=1S/C21H29N3O7/c1-14(20(26)16-5-6-17-18(11-16)29-13-28-17)23(4)21(27)31-15(2)30-19(25)12-24-9-7-22(3)8-10-24/h5-6,11,14-15H,7-10,12-13H2,1-4H3. The SMILES string of the molecule is CC(OC(=O)CN1CCN(C)CC1)OC(=O)N(C)C(C)C(=O)c1ccc2c(c1)OCO2. The van der Waals surface area contributed by atoms with E-state index in [0.29, 0.717) is 17.1 Å². The van der Waals surface area contributed by atoms with Crippen molar-refractivity contribution in [2.45, 2.75) is 26.2 Å². The van der Waals surface area contributed by atoms with Crippen LogP contribution >= 0.6 is 0 Å². The van der Waals surface area contributed by atoms with Crippen molar-refractivity contribution in [1.29, 1.82) is 0 Å². The maximum atomic E-state index is 12.8. The molecule has 10 nitrogen and oxygen atoms in total. The lowest BCUT2D eigenvalue weighted by Gasteiger charge is -2.31. The van der Waals surface area contributed by atoms with Gasteiger partial charge >= 0.3 is 12.1 Å². The van der Waals surface area contributed by atoms with Gasteiger partial charge in [-0.2, -0.15) is 0 Å². The number of rotatable bonds is 7. The van der Waals surface area contributed by atoms with Crippen molar-refractivity contribution < 1.29 is 33.3 Å². The second kappa shape index (κ2) is 9.97. The molecular weight excluding hydrogens is 406 g/mol. The first-order valence-electron chi connectivity index (χ1n) is 10.2. The second-order valence-electron chi connectivity index (χ2n) is 7.74. The van der Waals surface area contributed by atoms with Crippen LogP contribution in [-0.2, 0) is 14.3 Å². The van der Waals surface area contributed by atoms with Gasteiger partial charge in [0.05, 0.1) is 12.6 Å². The molecule has 2 unspecified atom stereocenters. The molecule has 1 saturated heterocycles. The van der Waals surface area contributed by atoms with Gasteiger partial charge in [-0.3, -0.25) is 14.5 Å². The zero-order valence-electron chi connectivity index (χ0n) is 18.3. The predicted octanol–water partition coefficient (Wildman–Crippen LogP) is 1.19. The number of hydrogen-bond donors (Lipinski definition) is 0. The maximum absolute atomic E-state index is 12.8. The number of hydrogen-bond acceptors (Lipinski definition) is 9. The zero-order valence-corrected chi connectivity index (χ0v) is 18.3. The highest BCUT2D eigenvalue weighted by atomic mass is 16.7. The summed E-state index contributed by atoms with van der Waals surface area (Å²) in [5.74, 6) is 0.322. The fraction of sp³-hybridized carbons (Fsp3) is 0.571. The van der Waals surface area contributed by atoms with Crippen LogP contribution in [-0.4, -0.2) is 98.5 Å². The molecule has 0 bridgehead atoms. The van der Waals surface area contributed by atoms with Crippen LogP contribution in [0.1, 0.15) is 24.2 Å². The Hall–Kier alpha value is -2.85. The minimum Gasteiger partial charge on any atom is -0.454 e. The average molecular weight is 435 g/mol. The number of benzene rings is 1. The molecule has 0 aromatic heterocycles. The van der Waals surface area contributed by atoms with Crippen molar-refractivity contribution in [3.8, 4) is 11.5 Å². The predicted molar refractivity (Wildman–Crippen MR) is 110 cm³/mol. The fourth-order valence-electron chi connectivity index (χ4n) is 3.29. The van der Waals surface area contributed by atoms with Crippen LogP contribution in [0.5, 0.6) is 11.5 Å². The van der Waals surface area contributed by atoms with Crippen molar-refractivity contribution in [1.82, 2.24) is 14.7 Å². The van der Waals surface area contributed by atoms with E-state index in [9.17, 15) is 14.4 Å². The van der Waals surface area contributed by atoms with Gasteiger partial charge in [0.15, 0.2) is 17.3 Å². The Kier molecular flexibility index (Phi) is 7.34. The lowest BCUT2D eigenvalue weighted by Crippen LogP contribution is -2.47. The number of nitrogens with zero attached hydrogens (tertiary/aromatic N) is 3. The van der Waals surface area contributed by atoms with Crippen LogP contribution in [0.15, 0.2) is 18.2 Å². The van der Waals surface area contributed by atoms with Crippen LogP contribution in [0.2, 0.25) is 0 Å². The van der Waals surface area contributed by atoms with E-state index in [0.717, 1.165) is 31.1 Å². The summed E-state index contributed by atoms with van der Waals surface area (Å²) in [5, 5.41) is 0. The lowest BCUT2D eigenvalue weighted by molar-refractivity contribution is -0.167. The van der Waals surface area contributed by atoms with Gasteiger partial charge in [0.1, 0.15) is 0 Å². The van der Waals surface area contributed by atoms with E-state index in [1.807, 2.05) is 11.9 Å². The number of ketones is 1. The third-order valence-corrected chi connectivity index (χ3v) is 5.42. The van der Waals surface area contributed by atoms with Crippen LogP contribution < -0.4 is 9.47 Å². The number of fused-ring (bicyclic) bond motifs is 1. The minimum absolute atomic E-state index is 0.111. The Morgan fingerprint density at radius 1 is 1.06 bits per heavy atom. The summed E-state index contributed by atoms with van der Waals surface area (Å²) in [6, 6.07) is 4.07. The molecule has 1 aromatic rings. The number of amides is 1. The minimum atomic E-state index is -1.07. The van der Waals surface area contributed by atoms with Crippen LogP contribution in [0.4, 0.5) is 4.79 Å². The van der Waals surface area contributed by atoms with Gasteiger partial charge in [-0.25, -0.2) is 4.79 Å². The van der Waals surface area contributed by atoms with E-state index in [1.165, 1.54) is 14.0 Å². The third kappa shape index (κ3) is 5.86. The van der Waals surface area contributed by atoms with Crippen molar-refractivity contribution in [3.63, 3.8) is 0 Å². The van der Waals surface area contributed by atoms with Gasteiger partial charge in [0.25, 0.3) is 0 Å². The first-order valence-corrected chi connectivity index (χ1v) is 10.2. The summed E-state index contributed by atoms with van der Waals surface area (Å²) < 4.78 is 20.9. The molecular formula is C21H29N3O7. The number of ether oxygens (including phenoxy) is 4. The van der Waals surface area contributed by atoms with E-state index in [1.54, 1.807) is 25.1 Å². The number of likely N-dealkylation sites (N-methyl/N-ethyl adjacent to an activating group) is 2. The number of carbonyl (C=O) groups excluding carboxylic acids is 3. The van der Waals surface area contributed by atoms with E-state index in [2.05, 4.69) is 4.90 Å². The van der Waals surface area contributed by atoms with Gasteiger partial charge in [0, 0.05) is 45.7 Å². The molecule has 2 atom stereocenters. The molecule has 0 aliphatic carbocycles. The molecule has 2 aliphatic rings. The fourth-order valence-corrected chi connectivity index (χ4v) is 3.29. The molecule has 1 aromatic carbocycles. The second-order valence-corrected chi connectivity index (χ2v) is 7.74. The summed E-state index contributed by atoms with van der Waals surface area (Å²) >= 11 is 0. The van der Waals surface area contributed by atoms with Crippen molar-refractivity contribution in [3.05, 3.63) is 23.8 Å². The summed E-state index contributed by atoms with van der Waals surface area (Å²) in [4.78, 5) is 42.6. The summed E-state index contributed by atoms with van der Waals surface area (Å²) in [6.07, 6.45) is -1.83. The third-order valence-electron chi connectivity index (χ3n) is 5.42. The highest BCUT2D eigenvalue weighted by molar-refractivity contribution is 6.01. The van der Waals surface area contributed by atoms with E-state index < -0.39 is 24.4 Å². The van der Waals surface area contributed by atoms with Gasteiger partial charge < -0.3 is 28.7 Å². The summed E-state index contributed by atoms with van der Waals surface area (Å²) in [6.45, 7) is 6.65. The Bertz CT molecular complexity index is 823.